The quantitative estimate of drug-likeness (QED) is 0.345. The Morgan fingerprint density at radius 2 is 1.81 bits per heavy atom. The third kappa shape index (κ3) is 5.57. The maximum atomic E-state index is 13.4. The van der Waals surface area contributed by atoms with Gasteiger partial charge in [-0.05, 0) is 43.5 Å². The van der Waals surface area contributed by atoms with Gasteiger partial charge in [0.15, 0.2) is 5.16 Å². The molecule has 6 nitrogen and oxygen atoms in total. The molecule has 32 heavy (non-hydrogen) atoms. The second-order valence-electron chi connectivity index (χ2n) is 8.04. The van der Waals surface area contributed by atoms with Crippen LogP contribution in [0.5, 0.6) is 0 Å². The molecular weight excluding hydrogens is 420 g/mol. The summed E-state index contributed by atoms with van der Waals surface area (Å²) in [5, 5.41) is 9.70. The van der Waals surface area contributed by atoms with E-state index in [0.29, 0.717) is 35.1 Å². The molecule has 1 aromatic heterocycles. The van der Waals surface area contributed by atoms with Crippen LogP contribution in [0.3, 0.4) is 0 Å². The third-order valence-corrected chi connectivity index (χ3v) is 6.25. The van der Waals surface area contributed by atoms with Crippen molar-refractivity contribution >= 4 is 34.3 Å². The Balaban J connectivity index is 1.94. The minimum atomic E-state index is -0.479. The number of para-hydroxylation sites is 2. The highest BCUT2D eigenvalue weighted by molar-refractivity contribution is 8.00. The molecule has 1 unspecified atom stereocenters. The highest BCUT2D eigenvalue weighted by Crippen LogP contribution is 2.26. The molecule has 0 aliphatic heterocycles. The number of benzene rings is 2. The predicted octanol–water partition coefficient (Wildman–Crippen LogP) is 4.87. The van der Waals surface area contributed by atoms with E-state index in [1.165, 1.54) is 11.8 Å². The number of nitriles is 1. The van der Waals surface area contributed by atoms with Gasteiger partial charge in [-0.2, -0.15) is 5.26 Å². The van der Waals surface area contributed by atoms with E-state index < -0.39 is 5.25 Å². The highest BCUT2D eigenvalue weighted by atomic mass is 32.2. The molecule has 3 aromatic rings. The number of carbonyl (C=O) groups excluding carboxylic acids is 1. The van der Waals surface area contributed by atoms with Gasteiger partial charge in [0.1, 0.15) is 0 Å². The normalized spacial score (nSPS) is 12.0. The monoisotopic (exact) mass is 448 g/mol. The lowest BCUT2D eigenvalue weighted by molar-refractivity contribution is -0.117. The van der Waals surface area contributed by atoms with Gasteiger partial charge in [0, 0.05) is 18.8 Å². The predicted molar refractivity (Wildman–Crippen MR) is 130 cm³/mol. The summed E-state index contributed by atoms with van der Waals surface area (Å²) in [6.45, 7) is 6.92. The van der Waals surface area contributed by atoms with Crippen molar-refractivity contribution in [2.75, 3.05) is 11.4 Å². The minimum absolute atomic E-state index is 0.0807. The Morgan fingerprint density at radius 3 is 2.50 bits per heavy atom. The van der Waals surface area contributed by atoms with E-state index in [4.69, 9.17) is 10.2 Å². The first-order chi connectivity index (χ1) is 15.4. The molecule has 0 saturated carbocycles. The van der Waals surface area contributed by atoms with Gasteiger partial charge in [0.2, 0.25) is 5.91 Å². The van der Waals surface area contributed by atoms with Gasteiger partial charge in [0.25, 0.3) is 5.56 Å². The maximum absolute atomic E-state index is 13.4. The maximum Gasteiger partial charge on any atom is 0.262 e. The summed E-state index contributed by atoms with van der Waals surface area (Å²) in [7, 11) is 0. The fourth-order valence-electron chi connectivity index (χ4n) is 3.39. The van der Waals surface area contributed by atoms with Gasteiger partial charge in [-0.15, -0.1) is 0 Å². The van der Waals surface area contributed by atoms with Gasteiger partial charge >= 0.3 is 0 Å². The van der Waals surface area contributed by atoms with Crippen LogP contribution < -0.4 is 10.5 Å². The fraction of sp³-hybridized carbons (Fsp3) is 0.360. The van der Waals surface area contributed by atoms with Crippen LogP contribution in [0.2, 0.25) is 0 Å². The molecule has 0 bridgehead atoms. The van der Waals surface area contributed by atoms with Gasteiger partial charge in [-0.3, -0.25) is 14.2 Å². The Hall–Kier alpha value is -3.11. The minimum Gasteiger partial charge on any atom is -0.310 e. The van der Waals surface area contributed by atoms with Crippen molar-refractivity contribution in [3.05, 3.63) is 65.0 Å². The van der Waals surface area contributed by atoms with E-state index in [9.17, 15) is 9.59 Å². The van der Waals surface area contributed by atoms with Crippen molar-refractivity contribution in [2.24, 2.45) is 5.92 Å². The molecular formula is C25H28N4O2S. The lowest BCUT2D eigenvalue weighted by Gasteiger charge is -2.25. The average molecular weight is 449 g/mol. The SMILES string of the molecule is CC(C)CCn1c(SC(C)C(=O)N(CCC#N)c2ccccc2)nc2ccccc2c1=O. The molecule has 3 rings (SSSR count). The summed E-state index contributed by atoms with van der Waals surface area (Å²) in [4.78, 5) is 32.9. The van der Waals surface area contributed by atoms with Crippen molar-refractivity contribution in [1.82, 2.24) is 9.55 Å². The number of hydrogen-bond donors (Lipinski definition) is 0. The number of carbonyl (C=O) groups is 1. The fourth-order valence-corrected chi connectivity index (χ4v) is 4.38. The largest absolute Gasteiger partial charge is 0.310 e. The van der Waals surface area contributed by atoms with Gasteiger partial charge in [0.05, 0.1) is 28.6 Å². The molecule has 1 heterocycles. The summed E-state index contributed by atoms with van der Waals surface area (Å²) in [6.07, 6.45) is 1.08. The molecule has 1 amide bonds. The standard InChI is InChI=1S/C25H28N4O2S/c1-18(2)14-17-29-24(31)21-12-7-8-13-22(21)27-25(29)32-19(3)23(30)28(16-9-15-26)20-10-5-4-6-11-20/h4-8,10-13,18-19H,9,14,16-17H2,1-3H3. The summed E-state index contributed by atoms with van der Waals surface area (Å²) >= 11 is 1.29. The van der Waals surface area contributed by atoms with Crippen LogP contribution >= 0.6 is 11.8 Å². The number of nitrogens with zero attached hydrogens (tertiary/aromatic N) is 4. The van der Waals surface area contributed by atoms with Crippen LogP contribution in [0.15, 0.2) is 64.5 Å². The number of hydrogen-bond acceptors (Lipinski definition) is 5. The molecule has 0 saturated heterocycles. The summed E-state index contributed by atoms with van der Waals surface area (Å²) in [5.74, 6) is 0.319. The van der Waals surface area contributed by atoms with Crippen molar-refractivity contribution in [2.45, 2.75) is 50.6 Å². The van der Waals surface area contributed by atoms with Crippen LogP contribution in [0.25, 0.3) is 10.9 Å². The van der Waals surface area contributed by atoms with Gasteiger partial charge in [-0.25, -0.2) is 4.98 Å². The van der Waals surface area contributed by atoms with Gasteiger partial charge in [-0.1, -0.05) is 55.9 Å². The molecule has 0 N–H and O–H groups in total. The van der Waals surface area contributed by atoms with Crippen LogP contribution in [0, 0.1) is 17.2 Å². The Kier molecular flexibility index (Phi) is 8.07. The van der Waals surface area contributed by atoms with E-state index in [1.54, 1.807) is 15.5 Å². The van der Waals surface area contributed by atoms with E-state index >= 15 is 0 Å². The number of aromatic nitrogens is 2. The number of thioether (sulfide) groups is 1. The Morgan fingerprint density at radius 1 is 1.12 bits per heavy atom. The third-order valence-electron chi connectivity index (χ3n) is 5.17. The molecule has 166 valence electrons. The zero-order valence-corrected chi connectivity index (χ0v) is 19.5. The van der Waals surface area contributed by atoms with Gasteiger partial charge < -0.3 is 4.90 Å². The lowest BCUT2D eigenvalue weighted by Crippen LogP contribution is -2.37. The molecule has 0 spiro atoms. The van der Waals surface area contributed by atoms with E-state index in [0.717, 1.165) is 12.1 Å². The zero-order valence-electron chi connectivity index (χ0n) is 18.7. The number of anilines is 1. The van der Waals surface area contributed by atoms with Crippen LogP contribution in [0.1, 0.15) is 33.6 Å². The Bertz CT molecular complexity index is 1170. The smallest absolute Gasteiger partial charge is 0.262 e. The number of amides is 1. The van der Waals surface area contributed by atoms with Crippen molar-refractivity contribution in [1.29, 1.82) is 5.26 Å². The van der Waals surface area contributed by atoms with E-state index in [-0.39, 0.29) is 17.9 Å². The van der Waals surface area contributed by atoms with Crippen LogP contribution in [-0.4, -0.2) is 27.3 Å². The number of rotatable bonds is 9. The van der Waals surface area contributed by atoms with Crippen LogP contribution in [-0.2, 0) is 11.3 Å². The summed E-state index contributed by atoms with van der Waals surface area (Å²) in [5.41, 5.74) is 1.30. The topological polar surface area (TPSA) is 79.0 Å². The lowest BCUT2D eigenvalue weighted by atomic mass is 10.1. The Labute approximate surface area is 192 Å². The second kappa shape index (κ2) is 11.0. The summed E-state index contributed by atoms with van der Waals surface area (Å²) in [6, 6.07) is 18.8. The van der Waals surface area contributed by atoms with Crippen molar-refractivity contribution in [3.63, 3.8) is 0 Å². The first kappa shape index (κ1) is 23.6. The molecule has 0 aliphatic carbocycles. The molecule has 0 aliphatic rings. The van der Waals surface area contributed by atoms with E-state index in [1.807, 2.05) is 55.5 Å². The van der Waals surface area contributed by atoms with Crippen molar-refractivity contribution < 1.29 is 4.79 Å². The van der Waals surface area contributed by atoms with Crippen LogP contribution in [0.4, 0.5) is 5.69 Å². The first-order valence-corrected chi connectivity index (χ1v) is 11.7. The van der Waals surface area contributed by atoms with E-state index in [2.05, 4.69) is 19.9 Å². The molecule has 7 heteroatoms. The molecule has 1 atom stereocenters. The summed E-state index contributed by atoms with van der Waals surface area (Å²) < 4.78 is 1.69. The molecule has 2 aromatic carbocycles. The molecule has 0 fully saturated rings. The van der Waals surface area contributed by atoms with Crippen molar-refractivity contribution in [3.8, 4) is 6.07 Å². The second-order valence-corrected chi connectivity index (χ2v) is 9.35. The average Bonchev–Trinajstić information content (AvgIpc) is 2.79. The first-order valence-electron chi connectivity index (χ1n) is 10.8. The molecule has 0 radical (unpaired) electrons. The highest BCUT2D eigenvalue weighted by Gasteiger charge is 2.25. The zero-order chi connectivity index (χ0) is 23.1. The number of fused-ring (bicyclic) bond motifs is 1.